The van der Waals surface area contributed by atoms with Crippen LogP contribution >= 0.6 is 0 Å². The van der Waals surface area contributed by atoms with Crippen LogP contribution < -0.4 is 5.32 Å². The molecular formula is C17H20N2O2. The molecule has 0 heterocycles. The Kier molecular flexibility index (Phi) is 4.70. The topological polar surface area (TPSA) is 55.2 Å². The molecule has 2 aromatic rings. The fraction of sp³-hybridized carbons (Fsp3) is 0.294. The average molecular weight is 284 g/mol. The van der Waals surface area contributed by atoms with Crippen molar-refractivity contribution >= 4 is 5.69 Å². The Balaban J connectivity index is 2.12. The molecule has 2 aromatic carbocycles. The molecule has 0 unspecified atom stereocenters. The van der Waals surface area contributed by atoms with Crippen molar-refractivity contribution < 1.29 is 4.92 Å². The van der Waals surface area contributed by atoms with E-state index in [1.807, 2.05) is 18.2 Å². The van der Waals surface area contributed by atoms with E-state index in [0.717, 1.165) is 11.1 Å². The molecule has 0 radical (unpaired) electrons. The maximum Gasteiger partial charge on any atom is 0.272 e. The summed E-state index contributed by atoms with van der Waals surface area (Å²) in [5.41, 5.74) is 4.36. The first-order valence-corrected chi connectivity index (χ1v) is 7.02. The number of aryl methyl sites for hydroxylation is 1. The molecule has 0 bridgehead atoms. The number of nitrogens with zero attached hydrogens (tertiary/aromatic N) is 1. The molecule has 0 saturated heterocycles. The van der Waals surface area contributed by atoms with Gasteiger partial charge in [-0.15, -0.1) is 0 Å². The number of hydrogen-bond donors (Lipinski definition) is 1. The van der Waals surface area contributed by atoms with Crippen LogP contribution in [0.2, 0.25) is 0 Å². The zero-order chi connectivity index (χ0) is 15.4. The van der Waals surface area contributed by atoms with Crippen LogP contribution in [0.3, 0.4) is 0 Å². The van der Waals surface area contributed by atoms with Gasteiger partial charge in [-0.05, 0) is 37.5 Å². The number of hydrogen-bond acceptors (Lipinski definition) is 3. The molecule has 0 aliphatic carbocycles. The van der Waals surface area contributed by atoms with Gasteiger partial charge in [0.2, 0.25) is 0 Å². The van der Waals surface area contributed by atoms with Gasteiger partial charge in [-0.1, -0.05) is 36.4 Å². The van der Waals surface area contributed by atoms with Crippen molar-refractivity contribution in [2.24, 2.45) is 0 Å². The lowest BCUT2D eigenvalue weighted by molar-refractivity contribution is -0.385. The highest BCUT2D eigenvalue weighted by Crippen LogP contribution is 2.22. The standard InChI is InChI=1S/C17H20N2O2/c1-12-7-4-5-9-16(12)14(3)18-11-15-8-6-10-17(13(15)2)19(20)21/h4-10,14,18H,11H2,1-3H3/t14-/m1/s1. The van der Waals surface area contributed by atoms with Gasteiger partial charge < -0.3 is 5.32 Å². The summed E-state index contributed by atoms with van der Waals surface area (Å²) >= 11 is 0. The van der Waals surface area contributed by atoms with Crippen molar-refractivity contribution in [1.29, 1.82) is 0 Å². The van der Waals surface area contributed by atoms with E-state index in [1.54, 1.807) is 19.1 Å². The summed E-state index contributed by atoms with van der Waals surface area (Å²) in [4.78, 5) is 10.6. The third-order valence-electron chi connectivity index (χ3n) is 3.87. The van der Waals surface area contributed by atoms with Crippen LogP contribution in [0, 0.1) is 24.0 Å². The highest BCUT2D eigenvalue weighted by atomic mass is 16.6. The molecule has 2 rings (SSSR count). The summed E-state index contributed by atoms with van der Waals surface area (Å²) in [5, 5.41) is 14.4. The lowest BCUT2D eigenvalue weighted by Crippen LogP contribution is -2.19. The number of benzene rings is 2. The van der Waals surface area contributed by atoms with Gasteiger partial charge in [-0.3, -0.25) is 10.1 Å². The third-order valence-corrected chi connectivity index (χ3v) is 3.87. The molecule has 4 nitrogen and oxygen atoms in total. The molecular weight excluding hydrogens is 264 g/mol. The number of nitrogens with one attached hydrogen (secondary N) is 1. The Morgan fingerprint density at radius 2 is 1.86 bits per heavy atom. The Labute approximate surface area is 125 Å². The zero-order valence-corrected chi connectivity index (χ0v) is 12.6. The maximum absolute atomic E-state index is 11.0. The van der Waals surface area contributed by atoms with E-state index in [0.29, 0.717) is 6.54 Å². The minimum atomic E-state index is -0.330. The molecule has 0 spiro atoms. The summed E-state index contributed by atoms with van der Waals surface area (Å²) in [7, 11) is 0. The van der Waals surface area contributed by atoms with Crippen LogP contribution in [0.15, 0.2) is 42.5 Å². The number of nitro benzene ring substituents is 1. The predicted molar refractivity (Wildman–Crippen MR) is 84.3 cm³/mol. The summed E-state index contributed by atoms with van der Waals surface area (Å²) in [5.74, 6) is 0. The Hall–Kier alpha value is -2.20. The van der Waals surface area contributed by atoms with E-state index in [2.05, 4.69) is 31.3 Å². The maximum atomic E-state index is 11.0. The van der Waals surface area contributed by atoms with E-state index in [4.69, 9.17) is 0 Å². The molecule has 0 saturated carbocycles. The van der Waals surface area contributed by atoms with Crippen LogP contribution in [-0.2, 0) is 6.54 Å². The van der Waals surface area contributed by atoms with E-state index in [9.17, 15) is 10.1 Å². The van der Waals surface area contributed by atoms with Gasteiger partial charge in [0.15, 0.2) is 0 Å². The van der Waals surface area contributed by atoms with Crippen LogP contribution in [0.5, 0.6) is 0 Å². The molecule has 1 N–H and O–H groups in total. The normalized spacial score (nSPS) is 12.1. The third kappa shape index (κ3) is 3.47. The highest BCUT2D eigenvalue weighted by Gasteiger charge is 2.14. The Morgan fingerprint density at radius 3 is 2.52 bits per heavy atom. The van der Waals surface area contributed by atoms with E-state index >= 15 is 0 Å². The first-order valence-electron chi connectivity index (χ1n) is 7.02. The summed E-state index contributed by atoms with van der Waals surface area (Å²) in [6, 6.07) is 13.7. The molecule has 4 heteroatoms. The minimum absolute atomic E-state index is 0.179. The second-order valence-electron chi connectivity index (χ2n) is 5.28. The Morgan fingerprint density at radius 1 is 1.14 bits per heavy atom. The SMILES string of the molecule is Cc1ccccc1[C@@H](C)NCc1cccc([N+](=O)[O-])c1C. The zero-order valence-electron chi connectivity index (χ0n) is 12.6. The summed E-state index contributed by atoms with van der Waals surface area (Å²) in [6.07, 6.45) is 0. The molecule has 0 fully saturated rings. The van der Waals surface area contributed by atoms with Gasteiger partial charge in [-0.2, -0.15) is 0 Å². The van der Waals surface area contributed by atoms with Crippen LogP contribution in [0.1, 0.15) is 35.2 Å². The van der Waals surface area contributed by atoms with Gasteiger partial charge in [0.1, 0.15) is 0 Å². The molecule has 0 aromatic heterocycles. The molecule has 110 valence electrons. The van der Waals surface area contributed by atoms with Crippen LogP contribution in [0.4, 0.5) is 5.69 Å². The second kappa shape index (κ2) is 6.50. The van der Waals surface area contributed by atoms with E-state index < -0.39 is 0 Å². The minimum Gasteiger partial charge on any atom is -0.306 e. The fourth-order valence-corrected chi connectivity index (χ4v) is 2.50. The van der Waals surface area contributed by atoms with Crippen molar-refractivity contribution in [3.63, 3.8) is 0 Å². The van der Waals surface area contributed by atoms with Crippen molar-refractivity contribution in [2.45, 2.75) is 33.4 Å². The summed E-state index contributed by atoms with van der Waals surface area (Å²) < 4.78 is 0. The lowest BCUT2D eigenvalue weighted by atomic mass is 10.0. The highest BCUT2D eigenvalue weighted by molar-refractivity contribution is 5.44. The van der Waals surface area contributed by atoms with Gasteiger partial charge in [0.05, 0.1) is 4.92 Å². The molecule has 1 atom stereocenters. The average Bonchev–Trinajstić information content (AvgIpc) is 2.46. The predicted octanol–water partition coefficient (Wildman–Crippen LogP) is 4.06. The van der Waals surface area contributed by atoms with Crippen LogP contribution in [-0.4, -0.2) is 4.92 Å². The molecule has 0 aliphatic rings. The van der Waals surface area contributed by atoms with Gasteiger partial charge in [0, 0.05) is 24.2 Å². The molecule has 21 heavy (non-hydrogen) atoms. The second-order valence-corrected chi connectivity index (χ2v) is 5.28. The van der Waals surface area contributed by atoms with Crippen molar-refractivity contribution in [2.75, 3.05) is 0 Å². The molecule has 0 aliphatic heterocycles. The van der Waals surface area contributed by atoms with Crippen LogP contribution in [0.25, 0.3) is 0 Å². The first kappa shape index (κ1) is 15.2. The number of rotatable bonds is 5. The monoisotopic (exact) mass is 284 g/mol. The first-order chi connectivity index (χ1) is 10.0. The molecule has 0 amide bonds. The van der Waals surface area contributed by atoms with E-state index in [-0.39, 0.29) is 16.7 Å². The largest absolute Gasteiger partial charge is 0.306 e. The number of nitro groups is 1. The lowest BCUT2D eigenvalue weighted by Gasteiger charge is -2.17. The van der Waals surface area contributed by atoms with Crippen molar-refractivity contribution in [1.82, 2.24) is 5.32 Å². The van der Waals surface area contributed by atoms with Crippen molar-refractivity contribution in [3.8, 4) is 0 Å². The Bertz CT molecular complexity index is 653. The smallest absolute Gasteiger partial charge is 0.272 e. The van der Waals surface area contributed by atoms with Gasteiger partial charge in [-0.25, -0.2) is 0 Å². The van der Waals surface area contributed by atoms with Crippen molar-refractivity contribution in [3.05, 3.63) is 74.8 Å². The fourth-order valence-electron chi connectivity index (χ4n) is 2.50. The van der Waals surface area contributed by atoms with Gasteiger partial charge >= 0.3 is 0 Å². The van der Waals surface area contributed by atoms with E-state index in [1.165, 1.54) is 11.1 Å². The summed E-state index contributed by atoms with van der Waals surface area (Å²) in [6.45, 7) is 6.61. The van der Waals surface area contributed by atoms with Gasteiger partial charge in [0.25, 0.3) is 5.69 Å². The quantitative estimate of drug-likeness (QED) is 0.665.